The van der Waals surface area contributed by atoms with Crippen molar-refractivity contribution >= 4 is 27.6 Å². The van der Waals surface area contributed by atoms with E-state index in [1.165, 1.54) is 25.0 Å². The van der Waals surface area contributed by atoms with Gasteiger partial charge in [0, 0.05) is 47.9 Å². The molecular weight excluding hydrogens is 621 g/mol. The monoisotopic (exact) mass is 655 g/mol. The lowest BCUT2D eigenvalue weighted by Crippen LogP contribution is -2.25. The summed E-state index contributed by atoms with van der Waals surface area (Å²) in [5, 5.41) is 22.2. The minimum atomic E-state index is -0.783. The molecule has 11 nitrogen and oxygen atoms in total. The Hall–Kier alpha value is -5.72. The number of nitrogens with one attached hydrogen (secondary N) is 3. The van der Waals surface area contributed by atoms with Gasteiger partial charge in [-0.1, -0.05) is 30.3 Å². The molecule has 0 bridgehead atoms. The Bertz CT molecular complexity index is 2230. The van der Waals surface area contributed by atoms with Gasteiger partial charge in [-0.3, -0.25) is 25.0 Å². The van der Waals surface area contributed by atoms with Gasteiger partial charge in [0.2, 0.25) is 0 Å². The number of anilines is 1. The number of aliphatic hydroxyl groups excluding tert-OH is 1. The number of hydrogen-bond donors (Lipinski definition) is 4. The SMILES string of the molecule is OC(Cc1ccccc1)Nc1cncc(-c2cc3c(-c4nc5c(-c6cc(F)cc(OCCN7CCCC7)c6)nccc5[nH]4)n[nH]c3cn2)c1. The van der Waals surface area contributed by atoms with E-state index < -0.39 is 12.0 Å². The lowest BCUT2D eigenvalue weighted by molar-refractivity contribution is 0.204. The molecule has 6 heterocycles. The van der Waals surface area contributed by atoms with Crippen LogP contribution in [0.2, 0.25) is 0 Å². The van der Waals surface area contributed by atoms with Crippen molar-refractivity contribution in [3.63, 3.8) is 0 Å². The Labute approximate surface area is 281 Å². The fraction of sp³-hybridized carbons (Fsp3) is 0.216. The molecule has 4 N–H and O–H groups in total. The van der Waals surface area contributed by atoms with Crippen LogP contribution in [-0.2, 0) is 6.42 Å². The summed E-state index contributed by atoms with van der Waals surface area (Å²) >= 11 is 0. The smallest absolute Gasteiger partial charge is 0.159 e. The molecule has 8 rings (SSSR count). The number of ether oxygens (including phenoxy) is 1. The first-order chi connectivity index (χ1) is 24.1. The van der Waals surface area contributed by atoms with Crippen LogP contribution in [0.5, 0.6) is 5.75 Å². The second-order valence-corrected chi connectivity index (χ2v) is 12.2. The number of rotatable bonds is 11. The predicted molar refractivity (Wildman–Crippen MR) is 186 cm³/mol. The maximum absolute atomic E-state index is 14.8. The number of H-pyrrole nitrogens is 2. The van der Waals surface area contributed by atoms with Crippen LogP contribution >= 0.6 is 0 Å². The van der Waals surface area contributed by atoms with E-state index in [0.29, 0.717) is 58.5 Å². The van der Waals surface area contributed by atoms with Crippen molar-refractivity contribution in [1.82, 2.24) is 40.0 Å². The summed E-state index contributed by atoms with van der Waals surface area (Å²) in [5.74, 6) is 0.589. The highest BCUT2D eigenvalue weighted by Crippen LogP contribution is 2.33. The molecule has 2 aromatic carbocycles. The van der Waals surface area contributed by atoms with Gasteiger partial charge in [0.1, 0.15) is 35.6 Å². The Morgan fingerprint density at radius 3 is 2.67 bits per heavy atom. The molecule has 0 amide bonds. The molecule has 0 aliphatic carbocycles. The highest BCUT2D eigenvalue weighted by atomic mass is 19.1. The van der Waals surface area contributed by atoms with Gasteiger partial charge in [-0.2, -0.15) is 5.10 Å². The van der Waals surface area contributed by atoms with Crippen LogP contribution in [0, 0.1) is 5.82 Å². The van der Waals surface area contributed by atoms with E-state index in [9.17, 15) is 9.50 Å². The van der Waals surface area contributed by atoms with Crippen molar-refractivity contribution in [3.8, 4) is 39.8 Å². The average Bonchev–Trinajstić information content (AvgIpc) is 3.88. The van der Waals surface area contributed by atoms with Crippen molar-refractivity contribution in [3.05, 3.63) is 103 Å². The molecule has 0 spiro atoms. The highest BCUT2D eigenvalue weighted by molar-refractivity contribution is 5.97. The topological polar surface area (TPSA) is 141 Å². The molecular formula is C37H34FN9O2. The Kier molecular flexibility index (Phi) is 8.38. The van der Waals surface area contributed by atoms with E-state index >= 15 is 0 Å². The summed E-state index contributed by atoms with van der Waals surface area (Å²) in [5.41, 5.74) is 6.93. The lowest BCUT2D eigenvalue weighted by Gasteiger charge is -2.15. The van der Waals surface area contributed by atoms with Crippen LogP contribution in [0.25, 0.3) is 56.0 Å². The number of fused-ring (bicyclic) bond motifs is 2. The zero-order chi connectivity index (χ0) is 33.2. The summed E-state index contributed by atoms with van der Waals surface area (Å²) in [6, 6.07) is 20.1. The maximum atomic E-state index is 14.8. The number of aromatic amines is 2. The Morgan fingerprint density at radius 1 is 0.918 bits per heavy atom. The molecule has 1 aliphatic rings. The van der Waals surface area contributed by atoms with Crippen LogP contribution in [0.1, 0.15) is 18.4 Å². The molecule has 12 heteroatoms. The number of hydrogen-bond acceptors (Lipinski definition) is 9. The first kappa shape index (κ1) is 30.6. The molecule has 5 aromatic heterocycles. The van der Waals surface area contributed by atoms with E-state index in [0.717, 1.165) is 47.2 Å². The zero-order valence-electron chi connectivity index (χ0n) is 26.6. The number of halogens is 1. The van der Waals surface area contributed by atoms with Gasteiger partial charge in [0.15, 0.2) is 5.82 Å². The van der Waals surface area contributed by atoms with Crippen LogP contribution < -0.4 is 10.1 Å². The molecule has 1 unspecified atom stereocenters. The van der Waals surface area contributed by atoms with Crippen molar-refractivity contribution in [2.24, 2.45) is 0 Å². The van der Waals surface area contributed by atoms with Gasteiger partial charge in [-0.15, -0.1) is 0 Å². The molecule has 1 fully saturated rings. The molecule has 1 atom stereocenters. The summed E-state index contributed by atoms with van der Waals surface area (Å²) in [7, 11) is 0. The van der Waals surface area contributed by atoms with E-state index in [-0.39, 0.29) is 0 Å². The largest absolute Gasteiger partial charge is 0.492 e. The summed E-state index contributed by atoms with van der Waals surface area (Å²) < 4.78 is 20.8. The van der Waals surface area contributed by atoms with Crippen LogP contribution in [0.4, 0.5) is 10.1 Å². The molecule has 7 aromatic rings. The van der Waals surface area contributed by atoms with Crippen LogP contribution in [-0.4, -0.2) is 77.6 Å². The maximum Gasteiger partial charge on any atom is 0.159 e. The van der Waals surface area contributed by atoms with E-state index in [1.54, 1.807) is 24.8 Å². The number of pyridine rings is 3. The van der Waals surface area contributed by atoms with Gasteiger partial charge in [-0.25, -0.2) is 9.37 Å². The van der Waals surface area contributed by atoms with E-state index in [4.69, 9.17) is 9.72 Å². The van der Waals surface area contributed by atoms with Gasteiger partial charge in [0.25, 0.3) is 0 Å². The minimum Gasteiger partial charge on any atom is -0.492 e. The minimum absolute atomic E-state index is 0.402. The van der Waals surface area contributed by atoms with Crippen LogP contribution in [0.15, 0.2) is 91.5 Å². The Balaban J connectivity index is 1.06. The third-order valence-corrected chi connectivity index (χ3v) is 8.73. The molecule has 0 radical (unpaired) electrons. The molecule has 1 aliphatic heterocycles. The summed E-state index contributed by atoms with van der Waals surface area (Å²) in [6.45, 7) is 3.46. The number of benzene rings is 2. The first-order valence-electron chi connectivity index (χ1n) is 16.3. The van der Waals surface area contributed by atoms with Gasteiger partial charge >= 0.3 is 0 Å². The van der Waals surface area contributed by atoms with E-state index in [1.807, 2.05) is 54.6 Å². The predicted octanol–water partition coefficient (Wildman–Crippen LogP) is 6.21. The van der Waals surface area contributed by atoms with Gasteiger partial charge < -0.3 is 20.1 Å². The molecule has 246 valence electrons. The number of aromatic nitrogens is 7. The summed E-state index contributed by atoms with van der Waals surface area (Å²) in [6.07, 6.45) is 8.88. The number of likely N-dealkylation sites (tertiary alicyclic amines) is 1. The molecule has 1 saturated heterocycles. The standard InChI is InChI=1S/C37H34FN9O2/c38-26-15-24(17-28(18-26)49-13-12-47-10-4-5-11-47)34-36-30(8-9-40-34)43-37(44-36)35-29-19-31(41-22-32(29)45-46-35)25-16-27(21-39-20-25)42-33(48)14-23-6-2-1-3-7-23/h1-3,6-9,15-22,33,42,48H,4-5,10-14H2,(H,43,44)(H,45,46). The number of nitrogens with zero attached hydrogens (tertiary/aromatic N) is 6. The van der Waals surface area contributed by atoms with Crippen molar-refractivity contribution in [1.29, 1.82) is 0 Å². The second-order valence-electron chi connectivity index (χ2n) is 12.2. The number of imidazole rings is 1. The first-order valence-corrected chi connectivity index (χ1v) is 16.3. The molecule has 0 saturated carbocycles. The van der Waals surface area contributed by atoms with Crippen LogP contribution in [0.3, 0.4) is 0 Å². The van der Waals surface area contributed by atoms with Gasteiger partial charge in [-0.05, 0) is 61.8 Å². The Morgan fingerprint density at radius 2 is 1.80 bits per heavy atom. The normalized spacial score (nSPS) is 14.1. The number of aliphatic hydroxyl groups is 1. The molecule has 49 heavy (non-hydrogen) atoms. The third-order valence-electron chi connectivity index (χ3n) is 8.73. The lowest BCUT2D eigenvalue weighted by atomic mass is 10.1. The van der Waals surface area contributed by atoms with E-state index in [2.05, 4.69) is 40.3 Å². The van der Waals surface area contributed by atoms with Crippen molar-refractivity contribution < 1.29 is 14.2 Å². The fourth-order valence-corrected chi connectivity index (χ4v) is 6.34. The second kappa shape index (κ2) is 13.4. The van der Waals surface area contributed by atoms with Crippen molar-refractivity contribution in [2.45, 2.75) is 25.5 Å². The van der Waals surface area contributed by atoms with Crippen molar-refractivity contribution in [2.75, 3.05) is 31.6 Å². The zero-order valence-corrected chi connectivity index (χ0v) is 26.6. The van der Waals surface area contributed by atoms with Gasteiger partial charge in [0.05, 0.1) is 40.5 Å². The quantitative estimate of drug-likeness (QED) is 0.120. The average molecular weight is 656 g/mol. The highest BCUT2D eigenvalue weighted by Gasteiger charge is 2.18. The third kappa shape index (κ3) is 6.69. The fourth-order valence-electron chi connectivity index (χ4n) is 6.34. The summed E-state index contributed by atoms with van der Waals surface area (Å²) in [4.78, 5) is 24.2.